The van der Waals surface area contributed by atoms with E-state index in [-0.39, 0.29) is 0 Å². The number of nitrogens with zero attached hydrogens (tertiary/aromatic N) is 3. The molecule has 0 N–H and O–H groups in total. The van der Waals surface area contributed by atoms with Crippen molar-refractivity contribution in [2.75, 3.05) is 46.0 Å². The fourth-order valence-corrected chi connectivity index (χ4v) is 2.57. The first kappa shape index (κ1) is 12.1. The maximum absolute atomic E-state index is 5.75. The van der Waals surface area contributed by atoms with E-state index in [1.165, 1.54) is 18.9 Å². The van der Waals surface area contributed by atoms with Crippen molar-refractivity contribution in [2.24, 2.45) is 5.11 Å². The Labute approximate surface area is 108 Å². The molecule has 0 amide bonds. The number of fused-ring (bicyclic) bond motifs is 1. The van der Waals surface area contributed by atoms with Gasteiger partial charge in [0.1, 0.15) is 6.61 Å². The lowest BCUT2D eigenvalue weighted by atomic mass is 10.1. The van der Waals surface area contributed by atoms with E-state index in [4.69, 9.17) is 9.47 Å². The van der Waals surface area contributed by atoms with E-state index < -0.39 is 0 Å². The second kappa shape index (κ2) is 5.80. The van der Waals surface area contributed by atoms with Crippen molar-refractivity contribution in [1.82, 2.24) is 4.90 Å². The molecular weight excluding hydrogens is 230 g/mol. The minimum absolute atomic E-state index is 0.719. The van der Waals surface area contributed by atoms with Gasteiger partial charge in [0.15, 0.2) is 6.54 Å². The molecule has 5 nitrogen and oxygen atoms in total. The summed E-state index contributed by atoms with van der Waals surface area (Å²) in [6.07, 6.45) is 5.75. The summed E-state index contributed by atoms with van der Waals surface area (Å²) in [5.41, 5.74) is 0. The van der Waals surface area contributed by atoms with E-state index >= 15 is 0 Å². The lowest BCUT2D eigenvalue weighted by Crippen LogP contribution is -2.38. The molecule has 3 aliphatic rings. The maximum Gasteiger partial charge on any atom is 0.281 e. The van der Waals surface area contributed by atoms with Crippen molar-refractivity contribution >= 4 is 0 Å². The van der Waals surface area contributed by atoms with Crippen molar-refractivity contribution in [1.29, 1.82) is 0 Å². The number of piperidine rings is 1. The molecule has 0 bridgehead atoms. The molecule has 3 aliphatic heterocycles. The Kier molecular flexibility index (Phi) is 3.90. The van der Waals surface area contributed by atoms with Crippen LogP contribution in [0.4, 0.5) is 0 Å². The van der Waals surface area contributed by atoms with Gasteiger partial charge in [-0.15, -0.1) is 4.70 Å². The molecule has 2 fully saturated rings. The van der Waals surface area contributed by atoms with Gasteiger partial charge in [-0.3, -0.25) is 4.90 Å². The predicted octanol–water partition coefficient (Wildman–Crippen LogP) is 1.37. The number of morpholine rings is 1. The Bertz CT molecular complexity index is 348. The molecule has 0 aromatic heterocycles. The van der Waals surface area contributed by atoms with Crippen LogP contribution in [-0.2, 0) is 9.47 Å². The first-order valence-corrected chi connectivity index (χ1v) is 6.91. The molecule has 18 heavy (non-hydrogen) atoms. The molecular formula is C13H21N3O2+. The summed E-state index contributed by atoms with van der Waals surface area (Å²) < 4.78 is 13.2. The molecule has 0 aliphatic carbocycles. The van der Waals surface area contributed by atoms with E-state index in [0.29, 0.717) is 0 Å². The van der Waals surface area contributed by atoms with E-state index in [2.05, 4.69) is 20.8 Å². The van der Waals surface area contributed by atoms with Gasteiger partial charge in [-0.25, -0.2) is 0 Å². The predicted molar refractivity (Wildman–Crippen MR) is 65.9 cm³/mol. The molecule has 99 valence electrons. The number of azo groups is 2. The molecule has 0 atom stereocenters. The molecule has 3 rings (SSSR count). The molecule has 0 spiro atoms. The van der Waals surface area contributed by atoms with Gasteiger partial charge in [0.05, 0.1) is 19.3 Å². The van der Waals surface area contributed by atoms with Gasteiger partial charge in [-0.1, -0.05) is 0 Å². The van der Waals surface area contributed by atoms with Crippen molar-refractivity contribution < 1.29 is 14.2 Å². The van der Waals surface area contributed by atoms with Crippen LogP contribution in [-0.4, -0.2) is 55.6 Å². The largest absolute Gasteiger partial charge is 0.472 e. The van der Waals surface area contributed by atoms with Crippen LogP contribution in [0, 0.1) is 6.04 Å². The highest BCUT2D eigenvalue weighted by Crippen LogP contribution is 2.28. The van der Waals surface area contributed by atoms with Gasteiger partial charge in [-0.2, -0.15) is 0 Å². The molecule has 5 heteroatoms. The average molecular weight is 251 g/mol. The topological polar surface area (TPSA) is 37.1 Å². The number of ether oxygens (including phenoxy) is 2. The summed E-state index contributed by atoms with van der Waals surface area (Å²) in [7, 11) is 0. The lowest BCUT2D eigenvalue weighted by molar-refractivity contribution is -0.576. The summed E-state index contributed by atoms with van der Waals surface area (Å²) in [6, 6.07) is 1.32. The molecule has 1 radical (unpaired) electrons. The molecule has 0 aromatic carbocycles. The molecule has 0 unspecified atom stereocenters. The summed E-state index contributed by atoms with van der Waals surface area (Å²) >= 11 is 0. The fraction of sp³-hybridized carbons (Fsp3) is 0.769. The van der Waals surface area contributed by atoms with Crippen LogP contribution in [0.25, 0.3) is 0 Å². The van der Waals surface area contributed by atoms with Crippen molar-refractivity contribution in [2.45, 2.75) is 19.3 Å². The second-order valence-corrected chi connectivity index (χ2v) is 4.96. The summed E-state index contributed by atoms with van der Waals surface area (Å²) in [5, 5.41) is 4.48. The maximum atomic E-state index is 5.75. The fourth-order valence-electron chi connectivity index (χ4n) is 2.57. The van der Waals surface area contributed by atoms with Crippen LogP contribution in [0.5, 0.6) is 0 Å². The first-order chi connectivity index (χ1) is 8.92. The molecule has 0 saturated carbocycles. The third-order valence-electron chi connectivity index (χ3n) is 3.65. The van der Waals surface area contributed by atoms with Crippen LogP contribution in [0.1, 0.15) is 19.3 Å². The van der Waals surface area contributed by atoms with Crippen LogP contribution >= 0.6 is 0 Å². The number of hydrogen-bond acceptors (Lipinski definition) is 4. The number of hydrogen-bond donors (Lipinski definition) is 0. The molecule has 2 saturated heterocycles. The Hall–Kier alpha value is -0.940. The number of rotatable bonds is 4. The lowest BCUT2D eigenvalue weighted by Gasteiger charge is -2.26. The summed E-state index contributed by atoms with van der Waals surface area (Å²) in [6.45, 7) is 6.45. The molecule has 0 aromatic rings. The van der Waals surface area contributed by atoms with E-state index in [1.807, 2.05) is 0 Å². The minimum Gasteiger partial charge on any atom is -0.472 e. The zero-order valence-corrected chi connectivity index (χ0v) is 10.8. The average Bonchev–Trinajstić information content (AvgIpc) is 2.82. The Balaban J connectivity index is 1.42. The van der Waals surface area contributed by atoms with Crippen LogP contribution in [0.15, 0.2) is 17.1 Å². The smallest absolute Gasteiger partial charge is 0.281 e. The second-order valence-electron chi connectivity index (χ2n) is 4.96. The van der Waals surface area contributed by atoms with Crippen LogP contribution in [0.2, 0.25) is 0 Å². The highest BCUT2D eigenvalue weighted by Gasteiger charge is 2.34. The van der Waals surface area contributed by atoms with Gasteiger partial charge < -0.3 is 9.47 Å². The highest BCUT2D eigenvalue weighted by atomic mass is 16.5. The Morgan fingerprint density at radius 3 is 3.06 bits per heavy atom. The third-order valence-corrected chi connectivity index (χ3v) is 3.65. The van der Waals surface area contributed by atoms with E-state index in [0.717, 1.165) is 58.3 Å². The van der Waals surface area contributed by atoms with Gasteiger partial charge in [-0.05, 0) is 6.42 Å². The normalized spacial score (nSPS) is 25.6. The van der Waals surface area contributed by atoms with Crippen molar-refractivity contribution in [3.05, 3.63) is 18.0 Å². The monoisotopic (exact) mass is 251 g/mol. The molecule has 3 heterocycles. The van der Waals surface area contributed by atoms with Crippen LogP contribution in [0.3, 0.4) is 0 Å². The van der Waals surface area contributed by atoms with Crippen molar-refractivity contribution in [3.8, 4) is 0 Å². The third kappa shape index (κ3) is 2.90. The summed E-state index contributed by atoms with van der Waals surface area (Å²) in [5.74, 6) is 0.792. The standard InChI is InChI=1S/C13H21N3O2/c1-2-4-16-12(3-1)11-13(14-16)18-10-7-15-5-8-17-9-6-15/h11H,1-10H2/q+1. The van der Waals surface area contributed by atoms with Gasteiger partial charge in [0.2, 0.25) is 0 Å². The quantitative estimate of drug-likeness (QED) is 0.708. The minimum atomic E-state index is 0.719. The van der Waals surface area contributed by atoms with Gasteiger partial charge in [0, 0.05) is 37.6 Å². The van der Waals surface area contributed by atoms with Crippen LogP contribution < -0.4 is 0 Å². The highest BCUT2D eigenvalue weighted by molar-refractivity contribution is 5.09. The zero-order valence-electron chi connectivity index (χ0n) is 10.8. The van der Waals surface area contributed by atoms with Crippen molar-refractivity contribution in [3.63, 3.8) is 0 Å². The van der Waals surface area contributed by atoms with Gasteiger partial charge >= 0.3 is 0 Å². The van der Waals surface area contributed by atoms with E-state index in [9.17, 15) is 0 Å². The summed E-state index contributed by atoms with van der Waals surface area (Å²) in [4.78, 5) is 2.37. The Morgan fingerprint density at radius 1 is 1.33 bits per heavy atom. The Morgan fingerprint density at radius 2 is 2.22 bits per heavy atom. The van der Waals surface area contributed by atoms with Gasteiger partial charge in [0.25, 0.3) is 11.9 Å². The first-order valence-electron chi connectivity index (χ1n) is 6.91. The SMILES string of the molecule is C1=C(OCCN2CCOCC2)N=[N+]2CCCC[C]12. The zero-order chi connectivity index (χ0) is 12.2. The van der Waals surface area contributed by atoms with E-state index in [1.54, 1.807) is 0 Å².